The Balaban J connectivity index is 1.38. The summed E-state index contributed by atoms with van der Waals surface area (Å²) in [4.78, 5) is 20.8. The number of carbonyl (C=O) groups is 1. The van der Waals surface area contributed by atoms with Gasteiger partial charge in [0.2, 0.25) is 5.91 Å². The van der Waals surface area contributed by atoms with Crippen LogP contribution in [0.3, 0.4) is 0 Å². The first kappa shape index (κ1) is 17.3. The summed E-state index contributed by atoms with van der Waals surface area (Å²) in [6, 6.07) is 4.06. The Morgan fingerprint density at radius 1 is 1.29 bits per heavy atom. The van der Waals surface area contributed by atoms with E-state index in [1.54, 1.807) is 6.20 Å². The van der Waals surface area contributed by atoms with E-state index in [1.165, 1.54) is 5.56 Å². The summed E-state index contributed by atoms with van der Waals surface area (Å²) in [6.45, 7) is 5.90. The summed E-state index contributed by atoms with van der Waals surface area (Å²) in [7, 11) is 0. The van der Waals surface area contributed by atoms with Crippen LogP contribution >= 0.6 is 0 Å². The molecular formula is C18H27N3O3. The molecule has 3 rings (SSSR count). The van der Waals surface area contributed by atoms with Crippen molar-refractivity contribution in [2.24, 2.45) is 0 Å². The van der Waals surface area contributed by atoms with Gasteiger partial charge < -0.3 is 14.4 Å². The van der Waals surface area contributed by atoms with Crippen LogP contribution < -0.4 is 0 Å². The molecule has 0 N–H and O–H groups in total. The highest BCUT2D eigenvalue weighted by Gasteiger charge is 2.20. The maximum Gasteiger partial charge on any atom is 0.248 e. The molecule has 0 radical (unpaired) electrons. The van der Waals surface area contributed by atoms with Crippen molar-refractivity contribution in [2.75, 3.05) is 46.0 Å². The summed E-state index contributed by atoms with van der Waals surface area (Å²) in [6.07, 6.45) is 7.02. The van der Waals surface area contributed by atoms with Crippen LogP contribution in [-0.2, 0) is 20.8 Å². The van der Waals surface area contributed by atoms with Gasteiger partial charge in [-0.3, -0.25) is 14.7 Å². The number of rotatable bonds is 6. The van der Waals surface area contributed by atoms with Crippen molar-refractivity contribution in [2.45, 2.75) is 31.9 Å². The van der Waals surface area contributed by atoms with Crippen molar-refractivity contribution in [3.8, 4) is 0 Å². The second-order valence-corrected chi connectivity index (χ2v) is 6.52. The van der Waals surface area contributed by atoms with Gasteiger partial charge in [-0.15, -0.1) is 0 Å². The molecule has 132 valence electrons. The summed E-state index contributed by atoms with van der Waals surface area (Å²) < 4.78 is 11.1. The lowest BCUT2D eigenvalue weighted by molar-refractivity contribution is -0.137. The van der Waals surface area contributed by atoms with Crippen LogP contribution in [-0.4, -0.2) is 72.8 Å². The zero-order chi connectivity index (χ0) is 16.6. The van der Waals surface area contributed by atoms with Crippen LogP contribution in [0.5, 0.6) is 0 Å². The van der Waals surface area contributed by atoms with Crippen molar-refractivity contribution in [3.63, 3.8) is 0 Å². The first-order chi connectivity index (χ1) is 11.8. The molecule has 1 atom stereocenters. The van der Waals surface area contributed by atoms with Gasteiger partial charge in [0.15, 0.2) is 0 Å². The Bertz CT molecular complexity index is 505. The molecule has 2 aliphatic heterocycles. The Kier molecular flexibility index (Phi) is 6.57. The molecule has 2 saturated heterocycles. The lowest BCUT2D eigenvalue weighted by Gasteiger charge is -2.22. The van der Waals surface area contributed by atoms with E-state index >= 15 is 0 Å². The number of ether oxygens (including phenoxy) is 2. The van der Waals surface area contributed by atoms with Crippen molar-refractivity contribution in [1.29, 1.82) is 0 Å². The summed E-state index contributed by atoms with van der Waals surface area (Å²) in [5, 5.41) is 0. The van der Waals surface area contributed by atoms with E-state index < -0.39 is 0 Å². The van der Waals surface area contributed by atoms with E-state index in [0.29, 0.717) is 6.61 Å². The lowest BCUT2D eigenvalue weighted by atomic mass is 10.2. The molecule has 2 aliphatic rings. The molecule has 0 bridgehead atoms. The van der Waals surface area contributed by atoms with E-state index in [-0.39, 0.29) is 18.6 Å². The number of carbonyl (C=O) groups excluding carboxylic acids is 1. The maximum atomic E-state index is 12.3. The smallest absolute Gasteiger partial charge is 0.248 e. The van der Waals surface area contributed by atoms with E-state index in [9.17, 15) is 4.79 Å². The van der Waals surface area contributed by atoms with E-state index in [0.717, 1.165) is 58.6 Å². The Morgan fingerprint density at radius 3 is 3.04 bits per heavy atom. The molecule has 1 unspecified atom stereocenters. The highest BCUT2D eigenvalue weighted by atomic mass is 16.5. The van der Waals surface area contributed by atoms with Gasteiger partial charge in [-0.25, -0.2) is 0 Å². The first-order valence-corrected chi connectivity index (χ1v) is 8.89. The quantitative estimate of drug-likeness (QED) is 0.786. The van der Waals surface area contributed by atoms with Gasteiger partial charge in [-0.1, -0.05) is 6.07 Å². The molecule has 1 amide bonds. The number of pyridine rings is 1. The predicted octanol–water partition coefficient (Wildman–Crippen LogP) is 1.31. The number of amides is 1. The molecular weight excluding hydrogens is 306 g/mol. The molecule has 0 aliphatic carbocycles. The van der Waals surface area contributed by atoms with Crippen molar-refractivity contribution in [1.82, 2.24) is 14.8 Å². The van der Waals surface area contributed by atoms with E-state index in [1.807, 2.05) is 17.2 Å². The zero-order valence-corrected chi connectivity index (χ0v) is 14.2. The highest BCUT2D eigenvalue weighted by Crippen LogP contribution is 2.12. The Labute approximate surface area is 143 Å². The predicted molar refractivity (Wildman–Crippen MR) is 90.5 cm³/mol. The fourth-order valence-corrected chi connectivity index (χ4v) is 3.27. The van der Waals surface area contributed by atoms with Crippen LogP contribution in [0.2, 0.25) is 0 Å². The van der Waals surface area contributed by atoms with Crippen LogP contribution in [0.15, 0.2) is 24.5 Å². The summed E-state index contributed by atoms with van der Waals surface area (Å²) in [5.74, 6) is 0.0937. The van der Waals surface area contributed by atoms with E-state index in [2.05, 4.69) is 16.0 Å². The van der Waals surface area contributed by atoms with Gasteiger partial charge >= 0.3 is 0 Å². The Hall–Kier alpha value is -1.50. The molecule has 1 aromatic heterocycles. The van der Waals surface area contributed by atoms with Crippen molar-refractivity contribution in [3.05, 3.63) is 30.1 Å². The van der Waals surface area contributed by atoms with Crippen LogP contribution in [0.1, 0.15) is 24.8 Å². The lowest BCUT2D eigenvalue weighted by Crippen LogP contribution is -2.37. The molecule has 24 heavy (non-hydrogen) atoms. The fourth-order valence-electron chi connectivity index (χ4n) is 3.27. The third kappa shape index (κ3) is 5.26. The average molecular weight is 333 g/mol. The normalized spacial score (nSPS) is 22.5. The van der Waals surface area contributed by atoms with Crippen molar-refractivity contribution >= 4 is 5.91 Å². The molecule has 2 fully saturated rings. The zero-order valence-electron chi connectivity index (χ0n) is 14.2. The SMILES string of the molecule is O=C(COCC1CCCO1)N1CCCN(Cc2cccnc2)CC1. The largest absolute Gasteiger partial charge is 0.376 e. The summed E-state index contributed by atoms with van der Waals surface area (Å²) in [5.41, 5.74) is 1.22. The fraction of sp³-hybridized carbons (Fsp3) is 0.667. The van der Waals surface area contributed by atoms with Gasteiger partial charge in [-0.2, -0.15) is 0 Å². The number of aromatic nitrogens is 1. The minimum Gasteiger partial charge on any atom is -0.376 e. The van der Waals surface area contributed by atoms with Gasteiger partial charge in [0.25, 0.3) is 0 Å². The van der Waals surface area contributed by atoms with Gasteiger partial charge in [0.05, 0.1) is 12.7 Å². The van der Waals surface area contributed by atoms with Crippen molar-refractivity contribution < 1.29 is 14.3 Å². The number of nitrogens with zero attached hydrogens (tertiary/aromatic N) is 3. The second-order valence-electron chi connectivity index (χ2n) is 6.52. The monoisotopic (exact) mass is 333 g/mol. The minimum atomic E-state index is 0.0937. The third-order valence-electron chi connectivity index (χ3n) is 4.62. The molecule has 0 saturated carbocycles. The molecule has 6 heteroatoms. The van der Waals surface area contributed by atoms with Crippen LogP contribution in [0.4, 0.5) is 0 Å². The maximum absolute atomic E-state index is 12.3. The number of hydrogen-bond acceptors (Lipinski definition) is 5. The highest BCUT2D eigenvalue weighted by molar-refractivity contribution is 5.77. The van der Waals surface area contributed by atoms with Gasteiger partial charge in [0, 0.05) is 51.7 Å². The molecule has 6 nitrogen and oxygen atoms in total. The third-order valence-corrected chi connectivity index (χ3v) is 4.62. The van der Waals surface area contributed by atoms with Gasteiger partial charge in [-0.05, 0) is 30.9 Å². The number of hydrogen-bond donors (Lipinski definition) is 0. The standard InChI is InChI=1S/C18H27N3O3/c22-18(15-23-14-17-5-2-11-24-17)21-8-3-7-20(9-10-21)13-16-4-1-6-19-12-16/h1,4,6,12,17H,2-3,5,7-11,13-15H2. The average Bonchev–Trinajstić information content (AvgIpc) is 3.01. The topological polar surface area (TPSA) is 54.9 Å². The van der Waals surface area contributed by atoms with E-state index in [4.69, 9.17) is 9.47 Å². The van der Waals surface area contributed by atoms with Gasteiger partial charge in [0.1, 0.15) is 6.61 Å². The Morgan fingerprint density at radius 2 is 2.25 bits per heavy atom. The summed E-state index contributed by atoms with van der Waals surface area (Å²) >= 11 is 0. The second kappa shape index (κ2) is 9.11. The van der Waals surface area contributed by atoms with Crippen LogP contribution in [0, 0.1) is 0 Å². The molecule has 3 heterocycles. The molecule has 0 aromatic carbocycles. The minimum absolute atomic E-state index is 0.0937. The molecule has 0 spiro atoms. The first-order valence-electron chi connectivity index (χ1n) is 8.89. The van der Waals surface area contributed by atoms with Crippen LogP contribution in [0.25, 0.3) is 0 Å². The molecule has 1 aromatic rings.